The summed E-state index contributed by atoms with van der Waals surface area (Å²) in [5.74, 6) is -0.252. The van der Waals surface area contributed by atoms with E-state index in [9.17, 15) is 9.59 Å². The zero-order valence-electron chi connectivity index (χ0n) is 15.7. The summed E-state index contributed by atoms with van der Waals surface area (Å²) in [6.07, 6.45) is 1.23. The van der Waals surface area contributed by atoms with Crippen LogP contribution >= 0.6 is 0 Å². The number of nitrogens with one attached hydrogen (secondary N) is 1. The third-order valence-corrected chi connectivity index (χ3v) is 5.07. The summed E-state index contributed by atoms with van der Waals surface area (Å²) in [6.45, 7) is 6.47. The van der Waals surface area contributed by atoms with E-state index >= 15 is 0 Å². The van der Waals surface area contributed by atoms with Crippen molar-refractivity contribution < 1.29 is 9.59 Å². The summed E-state index contributed by atoms with van der Waals surface area (Å²) in [6, 6.07) is 17.6. The lowest BCUT2D eigenvalue weighted by atomic mass is 10.0. The molecule has 2 aromatic rings. The fraction of sp³-hybridized carbons (Fsp3) is 0.364. The highest BCUT2D eigenvalue weighted by molar-refractivity contribution is 6.13. The first-order valence-corrected chi connectivity index (χ1v) is 9.16. The monoisotopic (exact) mass is 350 g/mol. The maximum atomic E-state index is 13.3. The molecule has 26 heavy (non-hydrogen) atoms. The number of aryl methyl sites for hydroxylation is 1. The topological polar surface area (TPSA) is 49.4 Å². The van der Waals surface area contributed by atoms with Crippen molar-refractivity contribution in [3.8, 4) is 0 Å². The fourth-order valence-electron chi connectivity index (χ4n) is 3.16. The maximum Gasteiger partial charge on any atom is 0.240 e. The third-order valence-electron chi connectivity index (χ3n) is 5.07. The molecule has 2 amide bonds. The predicted molar refractivity (Wildman–Crippen MR) is 104 cm³/mol. The number of hydrogen-bond donors (Lipinski definition) is 1. The lowest BCUT2D eigenvalue weighted by Crippen LogP contribution is -2.45. The SMILES string of the molecule is Cc1ccccc1NC(=O)C1(C(=O)N(Cc2ccccc2)C(C)C)CC1. The zero-order chi connectivity index (χ0) is 18.7. The van der Waals surface area contributed by atoms with E-state index in [1.165, 1.54) is 0 Å². The van der Waals surface area contributed by atoms with Gasteiger partial charge in [-0.15, -0.1) is 0 Å². The number of amides is 2. The Balaban J connectivity index is 1.77. The Morgan fingerprint density at radius 1 is 1.04 bits per heavy atom. The van der Waals surface area contributed by atoms with Crippen LogP contribution in [0, 0.1) is 12.3 Å². The van der Waals surface area contributed by atoms with Crippen molar-refractivity contribution in [2.75, 3.05) is 5.32 Å². The maximum absolute atomic E-state index is 13.3. The molecule has 1 fully saturated rings. The van der Waals surface area contributed by atoms with Gasteiger partial charge in [-0.05, 0) is 50.8 Å². The molecule has 4 nitrogen and oxygen atoms in total. The minimum atomic E-state index is -0.915. The van der Waals surface area contributed by atoms with E-state index in [2.05, 4.69) is 5.32 Å². The smallest absolute Gasteiger partial charge is 0.240 e. The Morgan fingerprint density at radius 2 is 1.65 bits per heavy atom. The number of rotatable bonds is 6. The molecule has 2 aromatic carbocycles. The molecule has 1 aliphatic rings. The minimum Gasteiger partial charge on any atom is -0.335 e. The number of para-hydroxylation sites is 1. The number of carbonyl (C=O) groups excluding carboxylic acids is 2. The molecule has 3 rings (SSSR count). The van der Waals surface area contributed by atoms with Crippen LogP contribution in [0.3, 0.4) is 0 Å². The van der Waals surface area contributed by atoms with E-state index in [0.717, 1.165) is 16.8 Å². The molecular formula is C22H26N2O2. The van der Waals surface area contributed by atoms with Crippen LogP contribution in [-0.4, -0.2) is 22.8 Å². The van der Waals surface area contributed by atoms with E-state index in [1.807, 2.05) is 80.3 Å². The third kappa shape index (κ3) is 3.64. The van der Waals surface area contributed by atoms with E-state index in [1.54, 1.807) is 0 Å². The number of anilines is 1. The van der Waals surface area contributed by atoms with Gasteiger partial charge in [-0.3, -0.25) is 9.59 Å². The van der Waals surface area contributed by atoms with Crippen LogP contribution in [-0.2, 0) is 16.1 Å². The second kappa shape index (κ2) is 7.32. The molecule has 4 heteroatoms. The van der Waals surface area contributed by atoms with Crippen LogP contribution in [0.1, 0.15) is 37.8 Å². The van der Waals surface area contributed by atoms with Crippen molar-refractivity contribution >= 4 is 17.5 Å². The Kier molecular flexibility index (Phi) is 5.12. The molecule has 0 saturated heterocycles. The van der Waals surface area contributed by atoms with Gasteiger partial charge in [-0.1, -0.05) is 48.5 Å². The lowest BCUT2D eigenvalue weighted by Gasteiger charge is -2.30. The molecule has 0 heterocycles. The highest BCUT2D eigenvalue weighted by Gasteiger charge is 2.58. The highest BCUT2D eigenvalue weighted by atomic mass is 16.2. The number of carbonyl (C=O) groups is 2. The molecule has 0 bridgehead atoms. The van der Waals surface area contributed by atoms with E-state index in [0.29, 0.717) is 19.4 Å². The van der Waals surface area contributed by atoms with Crippen LogP contribution < -0.4 is 5.32 Å². The van der Waals surface area contributed by atoms with E-state index in [4.69, 9.17) is 0 Å². The van der Waals surface area contributed by atoms with Gasteiger partial charge in [-0.25, -0.2) is 0 Å². The number of hydrogen-bond acceptors (Lipinski definition) is 2. The first-order valence-electron chi connectivity index (χ1n) is 9.16. The molecule has 0 aromatic heterocycles. The minimum absolute atomic E-state index is 0.0337. The standard InChI is InChI=1S/C22H26N2O2/c1-16(2)24(15-18-10-5-4-6-11-18)21(26)22(13-14-22)20(25)23-19-12-8-7-9-17(19)3/h4-12,16H,13-15H2,1-3H3,(H,23,25). The van der Waals surface area contributed by atoms with Gasteiger partial charge in [0.2, 0.25) is 11.8 Å². The molecule has 0 radical (unpaired) electrons. The molecular weight excluding hydrogens is 324 g/mol. The van der Waals surface area contributed by atoms with Crippen LogP contribution in [0.5, 0.6) is 0 Å². The van der Waals surface area contributed by atoms with Crippen molar-refractivity contribution in [3.63, 3.8) is 0 Å². The zero-order valence-corrected chi connectivity index (χ0v) is 15.7. The number of nitrogens with zero attached hydrogens (tertiary/aromatic N) is 1. The van der Waals surface area contributed by atoms with Crippen LogP contribution in [0.4, 0.5) is 5.69 Å². The summed E-state index contributed by atoms with van der Waals surface area (Å²) >= 11 is 0. The van der Waals surface area contributed by atoms with Gasteiger partial charge in [0.25, 0.3) is 0 Å². The molecule has 0 aliphatic heterocycles. The highest BCUT2D eigenvalue weighted by Crippen LogP contribution is 2.48. The Bertz CT molecular complexity index is 795. The summed E-state index contributed by atoms with van der Waals surface area (Å²) in [5.41, 5.74) is 1.93. The second-order valence-electron chi connectivity index (χ2n) is 7.36. The van der Waals surface area contributed by atoms with Gasteiger partial charge in [0.15, 0.2) is 0 Å². The fourth-order valence-corrected chi connectivity index (χ4v) is 3.16. The quantitative estimate of drug-likeness (QED) is 0.796. The van der Waals surface area contributed by atoms with Crippen molar-refractivity contribution in [3.05, 3.63) is 65.7 Å². The molecule has 0 unspecified atom stereocenters. The summed E-state index contributed by atoms with van der Waals surface area (Å²) in [4.78, 5) is 28.0. The van der Waals surface area contributed by atoms with Crippen molar-refractivity contribution in [2.24, 2.45) is 5.41 Å². The van der Waals surface area contributed by atoms with Gasteiger partial charge < -0.3 is 10.2 Å². The lowest BCUT2D eigenvalue weighted by molar-refractivity contribution is -0.144. The average Bonchev–Trinajstić information content (AvgIpc) is 3.44. The molecule has 0 spiro atoms. The molecule has 1 N–H and O–H groups in total. The van der Waals surface area contributed by atoms with Gasteiger partial charge in [-0.2, -0.15) is 0 Å². The van der Waals surface area contributed by atoms with Crippen LogP contribution in [0.25, 0.3) is 0 Å². The van der Waals surface area contributed by atoms with Crippen molar-refractivity contribution in [1.82, 2.24) is 4.90 Å². The average molecular weight is 350 g/mol. The number of benzene rings is 2. The Morgan fingerprint density at radius 3 is 2.23 bits per heavy atom. The van der Waals surface area contributed by atoms with Crippen LogP contribution in [0.2, 0.25) is 0 Å². The largest absolute Gasteiger partial charge is 0.335 e. The predicted octanol–water partition coefficient (Wildman–Crippen LogP) is 4.15. The second-order valence-corrected chi connectivity index (χ2v) is 7.36. The summed E-state index contributed by atoms with van der Waals surface area (Å²) in [7, 11) is 0. The molecule has 136 valence electrons. The molecule has 0 atom stereocenters. The van der Waals surface area contributed by atoms with Crippen molar-refractivity contribution in [2.45, 2.75) is 46.2 Å². The van der Waals surface area contributed by atoms with Gasteiger partial charge in [0.1, 0.15) is 5.41 Å². The Labute approximate surface area is 155 Å². The van der Waals surface area contributed by atoms with E-state index in [-0.39, 0.29) is 17.9 Å². The van der Waals surface area contributed by atoms with Gasteiger partial charge in [0.05, 0.1) is 0 Å². The molecule has 1 aliphatic carbocycles. The molecule has 1 saturated carbocycles. The first kappa shape index (κ1) is 18.2. The van der Waals surface area contributed by atoms with Crippen LogP contribution in [0.15, 0.2) is 54.6 Å². The van der Waals surface area contributed by atoms with Gasteiger partial charge in [0, 0.05) is 18.3 Å². The van der Waals surface area contributed by atoms with Crippen molar-refractivity contribution in [1.29, 1.82) is 0 Å². The summed E-state index contributed by atoms with van der Waals surface area (Å²) in [5, 5.41) is 2.97. The van der Waals surface area contributed by atoms with E-state index < -0.39 is 5.41 Å². The Hall–Kier alpha value is -2.62. The van der Waals surface area contributed by atoms with Gasteiger partial charge >= 0.3 is 0 Å². The normalized spacial score (nSPS) is 14.8. The summed E-state index contributed by atoms with van der Waals surface area (Å²) < 4.78 is 0. The first-order chi connectivity index (χ1) is 12.4.